The van der Waals surface area contributed by atoms with E-state index in [1.165, 1.54) is 0 Å². The Balaban J connectivity index is 1.40. The molecule has 2 aromatic rings. The Labute approximate surface area is 195 Å². The highest BCUT2D eigenvalue weighted by Gasteiger charge is 2.34. The quantitative estimate of drug-likeness (QED) is 0.486. The third-order valence-electron chi connectivity index (χ3n) is 6.24. The third kappa shape index (κ3) is 5.52. The molecule has 180 valence electrons. The van der Waals surface area contributed by atoms with Crippen molar-refractivity contribution in [2.24, 2.45) is 5.92 Å². The number of amides is 2. The predicted molar refractivity (Wildman–Crippen MR) is 120 cm³/mol. The maximum absolute atomic E-state index is 13.2. The van der Waals surface area contributed by atoms with Crippen LogP contribution in [0.25, 0.3) is 11.1 Å². The average Bonchev–Trinajstić information content (AvgIpc) is 3.57. The Hall–Kier alpha value is -3.49. The van der Waals surface area contributed by atoms with Gasteiger partial charge in [-0.25, -0.2) is 13.6 Å². The summed E-state index contributed by atoms with van der Waals surface area (Å²) in [5, 5.41) is 13.4. The molecule has 0 bridgehead atoms. The van der Waals surface area contributed by atoms with E-state index in [0.717, 1.165) is 35.1 Å². The van der Waals surface area contributed by atoms with Crippen molar-refractivity contribution in [1.29, 1.82) is 0 Å². The molecule has 0 radical (unpaired) electrons. The van der Waals surface area contributed by atoms with Gasteiger partial charge in [0.2, 0.25) is 5.91 Å². The molecule has 34 heavy (non-hydrogen) atoms. The SMILES string of the molecule is O=C(O)CC(NC(=O)C(CC1CC1)NC(=O)OCC1c2ccccc2-c2ccccc21)C(F)F. The number of ether oxygens (including phenoxy) is 1. The van der Waals surface area contributed by atoms with Gasteiger partial charge in [0.15, 0.2) is 0 Å². The molecule has 7 nitrogen and oxygen atoms in total. The number of fused-ring (bicyclic) bond motifs is 3. The van der Waals surface area contributed by atoms with Crippen LogP contribution >= 0.6 is 0 Å². The second-order valence-electron chi connectivity index (χ2n) is 8.75. The number of aliphatic carboxylic acids is 1. The van der Waals surface area contributed by atoms with E-state index in [9.17, 15) is 23.2 Å². The first-order chi connectivity index (χ1) is 16.3. The van der Waals surface area contributed by atoms with E-state index in [1.807, 2.05) is 48.5 Å². The molecule has 2 aromatic carbocycles. The summed E-state index contributed by atoms with van der Waals surface area (Å²) in [5.74, 6) is -2.25. The largest absolute Gasteiger partial charge is 0.481 e. The molecule has 0 saturated heterocycles. The lowest BCUT2D eigenvalue weighted by atomic mass is 9.98. The number of carbonyl (C=O) groups is 3. The lowest BCUT2D eigenvalue weighted by molar-refractivity contribution is -0.139. The van der Waals surface area contributed by atoms with Crippen molar-refractivity contribution in [2.75, 3.05) is 6.61 Å². The van der Waals surface area contributed by atoms with Crippen molar-refractivity contribution in [3.05, 3.63) is 59.7 Å². The number of hydrogen-bond acceptors (Lipinski definition) is 4. The topological polar surface area (TPSA) is 105 Å². The number of alkyl carbamates (subject to hydrolysis) is 1. The molecule has 2 aliphatic carbocycles. The summed E-state index contributed by atoms with van der Waals surface area (Å²) in [4.78, 5) is 36.0. The van der Waals surface area contributed by atoms with Crippen LogP contribution < -0.4 is 10.6 Å². The monoisotopic (exact) mass is 472 g/mol. The third-order valence-corrected chi connectivity index (χ3v) is 6.24. The minimum Gasteiger partial charge on any atom is -0.481 e. The van der Waals surface area contributed by atoms with Gasteiger partial charge in [0, 0.05) is 5.92 Å². The zero-order chi connectivity index (χ0) is 24.2. The highest BCUT2D eigenvalue weighted by molar-refractivity contribution is 5.86. The Morgan fingerprint density at radius 1 is 0.971 bits per heavy atom. The number of halogens is 2. The Morgan fingerprint density at radius 3 is 2.09 bits per heavy atom. The number of alkyl halides is 2. The highest BCUT2D eigenvalue weighted by Crippen LogP contribution is 2.44. The van der Waals surface area contributed by atoms with Crippen LogP contribution in [-0.2, 0) is 14.3 Å². The summed E-state index contributed by atoms with van der Waals surface area (Å²) in [6.07, 6.45) is -2.75. The van der Waals surface area contributed by atoms with Crippen LogP contribution in [0.1, 0.15) is 42.7 Å². The number of carboxylic acid groups (broad SMARTS) is 1. The van der Waals surface area contributed by atoms with Crippen LogP contribution in [0.4, 0.5) is 13.6 Å². The molecule has 2 aliphatic rings. The van der Waals surface area contributed by atoms with Crippen LogP contribution in [-0.4, -0.2) is 48.2 Å². The second-order valence-corrected chi connectivity index (χ2v) is 8.75. The first-order valence-corrected chi connectivity index (χ1v) is 11.2. The Kier molecular flexibility index (Phi) is 7.09. The number of rotatable bonds is 10. The fourth-order valence-corrected chi connectivity index (χ4v) is 4.38. The van der Waals surface area contributed by atoms with Crippen molar-refractivity contribution in [1.82, 2.24) is 10.6 Å². The van der Waals surface area contributed by atoms with Crippen molar-refractivity contribution in [3.63, 3.8) is 0 Å². The normalized spacial score (nSPS) is 16.3. The van der Waals surface area contributed by atoms with Crippen LogP contribution in [0.3, 0.4) is 0 Å². The van der Waals surface area contributed by atoms with Gasteiger partial charge in [-0.05, 0) is 34.6 Å². The number of benzene rings is 2. The minimum absolute atomic E-state index is 0.0519. The van der Waals surface area contributed by atoms with E-state index >= 15 is 0 Å². The number of hydrogen-bond donors (Lipinski definition) is 3. The molecule has 0 aromatic heterocycles. The van der Waals surface area contributed by atoms with Gasteiger partial charge in [0.05, 0.1) is 6.42 Å². The van der Waals surface area contributed by atoms with Gasteiger partial charge >= 0.3 is 12.1 Å². The highest BCUT2D eigenvalue weighted by atomic mass is 19.3. The van der Waals surface area contributed by atoms with Crippen molar-refractivity contribution in [3.8, 4) is 11.1 Å². The average molecular weight is 472 g/mol. The van der Waals surface area contributed by atoms with Gasteiger partial charge in [-0.15, -0.1) is 0 Å². The molecule has 3 N–H and O–H groups in total. The molecule has 0 aliphatic heterocycles. The van der Waals surface area contributed by atoms with E-state index in [2.05, 4.69) is 10.6 Å². The molecule has 2 amide bonds. The Bertz CT molecular complexity index is 1030. The molecule has 0 heterocycles. The van der Waals surface area contributed by atoms with Gasteiger partial charge in [-0.2, -0.15) is 0 Å². The molecule has 2 atom stereocenters. The molecular formula is C25H26F2N2O5. The number of carboxylic acids is 1. The van der Waals surface area contributed by atoms with Gasteiger partial charge in [0.25, 0.3) is 6.43 Å². The first-order valence-electron chi connectivity index (χ1n) is 11.2. The van der Waals surface area contributed by atoms with E-state index in [-0.39, 0.29) is 24.9 Å². The second kappa shape index (κ2) is 10.2. The van der Waals surface area contributed by atoms with Crippen LogP contribution in [0.5, 0.6) is 0 Å². The maximum atomic E-state index is 13.2. The van der Waals surface area contributed by atoms with Gasteiger partial charge < -0.3 is 20.5 Å². The van der Waals surface area contributed by atoms with Crippen LogP contribution in [0, 0.1) is 5.92 Å². The van der Waals surface area contributed by atoms with Crippen LogP contribution in [0.2, 0.25) is 0 Å². The summed E-state index contributed by atoms with van der Waals surface area (Å²) < 4.78 is 31.8. The molecule has 4 rings (SSSR count). The van der Waals surface area contributed by atoms with Crippen molar-refractivity contribution >= 4 is 18.0 Å². The van der Waals surface area contributed by atoms with E-state index in [4.69, 9.17) is 9.84 Å². The van der Waals surface area contributed by atoms with Crippen LogP contribution in [0.15, 0.2) is 48.5 Å². The van der Waals surface area contributed by atoms with Crippen molar-refractivity contribution in [2.45, 2.75) is 50.1 Å². The van der Waals surface area contributed by atoms with E-state index in [1.54, 1.807) is 0 Å². The van der Waals surface area contributed by atoms with E-state index < -0.39 is 42.9 Å². The molecule has 9 heteroatoms. The summed E-state index contributed by atoms with van der Waals surface area (Å²) in [6, 6.07) is 12.8. The fourth-order valence-electron chi connectivity index (χ4n) is 4.38. The number of carbonyl (C=O) groups excluding carboxylic acids is 2. The number of nitrogens with one attached hydrogen (secondary N) is 2. The molecule has 1 saturated carbocycles. The standard InChI is InChI=1S/C25H26F2N2O5/c26-23(27)20(12-22(30)31)28-24(32)21(11-14-9-10-14)29-25(33)34-13-19-17-7-3-1-5-15(17)16-6-2-4-8-18(16)19/h1-8,14,19-21,23H,9-13H2,(H,28,32)(H,29,33)(H,30,31). The summed E-state index contributed by atoms with van der Waals surface area (Å²) in [5.41, 5.74) is 4.23. The Morgan fingerprint density at radius 2 is 1.56 bits per heavy atom. The van der Waals surface area contributed by atoms with Gasteiger partial charge in [-0.3, -0.25) is 9.59 Å². The zero-order valence-electron chi connectivity index (χ0n) is 18.4. The summed E-state index contributed by atoms with van der Waals surface area (Å²) in [7, 11) is 0. The minimum atomic E-state index is -3.05. The lowest BCUT2D eigenvalue weighted by Gasteiger charge is -2.22. The predicted octanol–water partition coefficient (Wildman–Crippen LogP) is 3.92. The lowest BCUT2D eigenvalue weighted by Crippen LogP contribution is -2.52. The van der Waals surface area contributed by atoms with Crippen molar-refractivity contribution < 1.29 is 33.0 Å². The molecular weight excluding hydrogens is 446 g/mol. The smallest absolute Gasteiger partial charge is 0.407 e. The zero-order valence-corrected chi connectivity index (χ0v) is 18.4. The summed E-state index contributed by atoms with van der Waals surface area (Å²) >= 11 is 0. The molecule has 1 fully saturated rings. The van der Waals surface area contributed by atoms with E-state index in [0.29, 0.717) is 0 Å². The molecule has 0 spiro atoms. The molecule has 2 unspecified atom stereocenters. The van der Waals surface area contributed by atoms with Gasteiger partial charge in [0.1, 0.15) is 18.7 Å². The first kappa shape index (κ1) is 23.7. The maximum Gasteiger partial charge on any atom is 0.407 e. The summed E-state index contributed by atoms with van der Waals surface area (Å²) in [6.45, 7) is 0.0519. The fraction of sp³-hybridized carbons (Fsp3) is 0.400. The van der Waals surface area contributed by atoms with Gasteiger partial charge in [-0.1, -0.05) is 61.4 Å².